The van der Waals surface area contributed by atoms with Crippen LogP contribution in [-0.2, 0) is 4.74 Å². The molecule has 2 nitrogen and oxygen atoms in total. The molecule has 1 N–H and O–H groups in total. The maximum Gasteiger partial charge on any atom is 0.130 e. The molecule has 2 unspecified atom stereocenters. The molecule has 0 aliphatic carbocycles. The van der Waals surface area contributed by atoms with Crippen LogP contribution in [0, 0.1) is 5.82 Å². The third kappa shape index (κ3) is 2.81. The van der Waals surface area contributed by atoms with Crippen LogP contribution in [0.25, 0.3) is 0 Å². The highest BCUT2D eigenvalue weighted by Crippen LogP contribution is 2.24. The van der Waals surface area contributed by atoms with Gasteiger partial charge in [-0.3, -0.25) is 0 Å². The van der Waals surface area contributed by atoms with Gasteiger partial charge in [0.25, 0.3) is 0 Å². The summed E-state index contributed by atoms with van der Waals surface area (Å²) in [5, 5.41) is 3.33. The van der Waals surface area contributed by atoms with Crippen LogP contribution in [0.5, 0.6) is 0 Å². The van der Waals surface area contributed by atoms with E-state index in [0.717, 1.165) is 10.9 Å². The molecule has 1 fully saturated rings. The van der Waals surface area contributed by atoms with E-state index in [1.807, 2.05) is 6.07 Å². The van der Waals surface area contributed by atoms with Crippen LogP contribution in [0.2, 0.25) is 0 Å². The number of ether oxygens (including phenoxy) is 1. The lowest BCUT2D eigenvalue weighted by Crippen LogP contribution is -2.27. The lowest BCUT2D eigenvalue weighted by atomic mass is 10.1. The van der Waals surface area contributed by atoms with Crippen molar-refractivity contribution in [3.63, 3.8) is 0 Å². The second-order valence-electron chi connectivity index (χ2n) is 4.12. The monoisotopic (exact) mass is 287 g/mol. The largest absolute Gasteiger partial charge is 0.372 e. The van der Waals surface area contributed by atoms with E-state index < -0.39 is 0 Å². The highest BCUT2D eigenvalue weighted by Gasteiger charge is 2.20. The summed E-state index contributed by atoms with van der Waals surface area (Å²) >= 11 is 3.25. The van der Waals surface area contributed by atoms with Crippen LogP contribution in [0.4, 0.5) is 4.39 Å². The fraction of sp³-hybridized carbons (Fsp3) is 0.500. The Morgan fingerprint density at radius 2 is 2.31 bits per heavy atom. The van der Waals surface area contributed by atoms with Crippen molar-refractivity contribution < 1.29 is 9.13 Å². The number of hydrogen-bond donors (Lipinski definition) is 1. The van der Waals surface area contributed by atoms with Crippen molar-refractivity contribution in [3.8, 4) is 0 Å². The van der Waals surface area contributed by atoms with Crippen molar-refractivity contribution in [2.24, 2.45) is 0 Å². The maximum absolute atomic E-state index is 13.7. The van der Waals surface area contributed by atoms with E-state index in [-0.39, 0.29) is 11.9 Å². The molecule has 0 amide bonds. The van der Waals surface area contributed by atoms with Crippen molar-refractivity contribution >= 4 is 15.9 Å². The Labute approximate surface area is 103 Å². The lowest BCUT2D eigenvalue weighted by Gasteiger charge is -2.16. The maximum atomic E-state index is 13.7. The summed E-state index contributed by atoms with van der Waals surface area (Å²) in [4.78, 5) is 0. The SMILES string of the molecule is CC1CCOC(c2ccc(Br)cc2F)CN1. The molecular weight excluding hydrogens is 273 g/mol. The molecule has 16 heavy (non-hydrogen) atoms. The fourth-order valence-corrected chi connectivity index (χ4v) is 2.15. The molecule has 0 radical (unpaired) electrons. The van der Waals surface area contributed by atoms with E-state index in [2.05, 4.69) is 28.2 Å². The van der Waals surface area contributed by atoms with Gasteiger partial charge in [-0.05, 0) is 25.5 Å². The zero-order chi connectivity index (χ0) is 11.5. The summed E-state index contributed by atoms with van der Waals surface area (Å²) in [6.07, 6.45) is 0.785. The second kappa shape index (κ2) is 5.25. The van der Waals surface area contributed by atoms with Gasteiger partial charge in [0.15, 0.2) is 0 Å². The summed E-state index contributed by atoms with van der Waals surface area (Å²) in [7, 11) is 0. The Kier molecular flexibility index (Phi) is 3.95. The number of hydrogen-bond acceptors (Lipinski definition) is 2. The number of halogens is 2. The van der Waals surface area contributed by atoms with Crippen molar-refractivity contribution in [2.75, 3.05) is 13.2 Å². The Bertz CT molecular complexity index is 372. The molecule has 0 aromatic heterocycles. The van der Waals surface area contributed by atoms with Gasteiger partial charge in [0.1, 0.15) is 5.82 Å². The van der Waals surface area contributed by atoms with Gasteiger partial charge in [-0.1, -0.05) is 22.0 Å². The normalized spacial score (nSPS) is 26.4. The Morgan fingerprint density at radius 1 is 1.50 bits per heavy atom. The summed E-state index contributed by atoms with van der Waals surface area (Å²) < 4.78 is 20.1. The summed E-state index contributed by atoms with van der Waals surface area (Å²) in [5.41, 5.74) is 0.629. The van der Waals surface area contributed by atoms with Crippen LogP contribution in [-0.4, -0.2) is 19.2 Å². The number of rotatable bonds is 1. The van der Waals surface area contributed by atoms with Crippen LogP contribution < -0.4 is 5.32 Å². The summed E-state index contributed by atoms with van der Waals surface area (Å²) in [6, 6.07) is 5.54. The van der Waals surface area contributed by atoms with Gasteiger partial charge in [-0.25, -0.2) is 4.39 Å². The van der Waals surface area contributed by atoms with Crippen LogP contribution in [0.3, 0.4) is 0 Å². The van der Waals surface area contributed by atoms with Crippen LogP contribution in [0.1, 0.15) is 25.0 Å². The quantitative estimate of drug-likeness (QED) is 0.857. The number of nitrogens with one attached hydrogen (secondary N) is 1. The molecule has 0 bridgehead atoms. The molecule has 1 aromatic carbocycles. The van der Waals surface area contributed by atoms with Gasteiger partial charge < -0.3 is 10.1 Å². The number of benzene rings is 1. The lowest BCUT2D eigenvalue weighted by molar-refractivity contribution is 0.0639. The Morgan fingerprint density at radius 3 is 3.06 bits per heavy atom. The van der Waals surface area contributed by atoms with Gasteiger partial charge >= 0.3 is 0 Å². The molecule has 1 aliphatic heterocycles. The molecule has 0 spiro atoms. The van der Waals surface area contributed by atoms with E-state index in [0.29, 0.717) is 24.8 Å². The van der Waals surface area contributed by atoms with Gasteiger partial charge in [0.05, 0.1) is 6.10 Å². The molecular formula is C12H15BrFNO. The van der Waals surface area contributed by atoms with Gasteiger partial charge in [0.2, 0.25) is 0 Å². The van der Waals surface area contributed by atoms with E-state index in [9.17, 15) is 4.39 Å². The van der Waals surface area contributed by atoms with Crippen molar-refractivity contribution in [2.45, 2.75) is 25.5 Å². The first-order valence-electron chi connectivity index (χ1n) is 5.47. The predicted molar refractivity (Wildman–Crippen MR) is 64.9 cm³/mol. The molecule has 1 saturated heterocycles. The van der Waals surface area contributed by atoms with Gasteiger partial charge in [0, 0.05) is 29.2 Å². The molecule has 88 valence electrons. The minimum absolute atomic E-state index is 0.182. The topological polar surface area (TPSA) is 21.3 Å². The standard InChI is InChI=1S/C12H15BrFNO/c1-8-4-5-16-12(7-15-8)10-3-2-9(13)6-11(10)14/h2-3,6,8,12,15H,4-5,7H2,1H3. The smallest absolute Gasteiger partial charge is 0.130 e. The van der Waals surface area contributed by atoms with E-state index >= 15 is 0 Å². The van der Waals surface area contributed by atoms with Crippen molar-refractivity contribution in [1.82, 2.24) is 5.32 Å². The average molecular weight is 288 g/mol. The first-order chi connectivity index (χ1) is 7.66. The second-order valence-corrected chi connectivity index (χ2v) is 5.04. The molecule has 1 aromatic rings. The van der Waals surface area contributed by atoms with E-state index in [1.54, 1.807) is 6.07 Å². The highest BCUT2D eigenvalue weighted by atomic mass is 79.9. The minimum Gasteiger partial charge on any atom is -0.372 e. The summed E-state index contributed by atoms with van der Waals surface area (Å²) in [5.74, 6) is -0.212. The van der Waals surface area contributed by atoms with Gasteiger partial charge in [-0.2, -0.15) is 0 Å². The zero-order valence-electron chi connectivity index (χ0n) is 9.17. The first kappa shape index (κ1) is 12.0. The van der Waals surface area contributed by atoms with Crippen LogP contribution >= 0.6 is 15.9 Å². The highest BCUT2D eigenvalue weighted by molar-refractivity contribution is 9.10. The Hall–Kier alpha value is -0.450. The Balaban J connectivity index is 2.16. The predicted octanol–water partition coefficient (Wildman–Crippen LogP) is 3.03. The van der Waals surface area contributed by atoms with Gasteiger partial charge in [-0.15, -0.1) is 0 Å². The molecule has 4 heteroatoms. The van der Waals surface area contributed by atoms with Crippen molar-refractivity contribution in [3.05, 3.63) is 34.1 Å². The van der Waals surface area contributed by atoms with Crippen molar-refractivity contribution in [1.29, 1.82) is 0 Å². The molecule has 0 saturated carbocycles. The van der Waals surface area contributed by atoms with E-state index in [1.165, 1.54) is 6.07 Å². The molecule has 1 heterocycles. The fourth-order valence-electron chi connectivity index (χ4n) is 1.82. The third-order valence-corrected chi connectivity index (χ3v) is 3.32. The summed E-state index contributed by atoms with van der Waals surface area (Å²) in [6.45, 7) is 3.46. The van der Waals surface area contributed by atoms with Crippen LogP contribution in [0.15, 0.2) is 22.7 Å². The third-order valence-electron chi connectivity index (χ3n) is 2.83. The molecule has 2 rings (SSSR count). The molecule has 1 aliphatic rings. The van der Waals surface area contributed by atoms with E-state index in [4.69, 9.17) is 4.74 Å². The minimum atomic E-state index is -0.212. The first-order valence-corrected chi connectivity index (χ1v) is 6.26. The molecule has 2 atom stereocenters. The average Bonchev–Trinajstić information content (AvgIpc) is 2.43. The zero-order valence-corrected chi connectivity index (χ0v) is 10.8.